The summed E-state index contributed by atoms with van der Waals surface area (Å²) in [6, 6.07) is 9.73. The third-order valence-corrected chi connectivity index (χ3v) is 4.24. The Kier molecular flexibility index (Phi) is 5.61. The minimum absolute atomic E-state index is 0.163. The number of ether oxygens (including phenoxy) is 1. The minimum Gasteiger partial charge on any atom is -0.497 e. The average molecular weight is 374 g/mol. The van der Waals surface area contributed by atoms with E-state index in [1.54, 1.807) is 13.2 Å². The van der Waals surface area contributed by atoms with Crippen molar-refractivity contribution < 1.29 is 9.53 Å². The second-order valence-electron chi connectivity index (χ2n) is 5.48. The number of anilines is 1. The number of methoxy groups -OCH3 is 1. The quantitative estimate of drug-likeness (QED) is 0.762. The third kappa shape index (κ3) is 4.45. The van der Waals surface area contributed by atoms with E-state index >= 15 is 0 Å². The highest BCUT2D eigenvalue weighted by molar-refractivity contribution is 9.10. The lowest BCUT2D eigenvalue weighted by atomic mass is 10.0. The molecule has 0 saturated carbocycles. The number of rotatable bonds is 4. The summed E-state index contributed by atoms with van der Waals surface area (Å²) in [6.07, 6.45) is 3.38. The molecule has 0 aromatic heterocycles. The van der Waals surface area contributed by atoms with Crippen molar-refractivity contribution in [1.82, 2.24) is 0 Å². The van der Waals surface area contributed by atoms with Gasteiger partial charge in [0, 0.05) is 10.5 Å². The molecule has 0 aliphatic rings. The van der Waals surface area contributed by atoms with Crippen molar-refractivity contribution in [1.29, 1.82) is 0 Å². The standard InChI is InChI=1S/C19H20BrNO2/c1-12-5-7-18(17(20)9-12)21-19(22)8-6-16-13(2)10-15(23-4)11-14(16)3/h5-11H,1-4H3,(H,21,22)/b8-6+. The van der Waals surface area contributed by atoms with Crippen LogP contribution in [0.4, 0.5) is 5.69 Å². The Morgan fingerprint density at radius 3 is 2.35 bits per heavy atom. The number of hydrogen-bond donors (Lipinski definition) is 1. The molecule has 2 rings (SSSR count). The number of carbonyl (C=O) groups is 1. The lowest BCUT2D eigenvalue weighted by molar-refractivity contribution is -0.111. The molecule has 120 valence electrons. The van der Waals surface area contributed by atoms with E-state index in [1.807, 2.05) is 57.2 Å². The summed E-state index contributed by atoms with van der Waals surface area (Å²) in [5.41, 5.74) is 5.07. The molecule has 4 heteroatoms. The van der Waals surface area contributed by atoms with Gasteiger partial charge in [0.15, 0.2) is 0 Å². The molecule has 1 N–H and O–H groups in total. The van der Waals surface area contributed by atoms with E-state index in [9.17, 15) is 4.79 Å². The molecule has 0 unspecified atom stereocenters. The van der Waals surface area contributed by atoms with Crippen molar-refractivity contribution in [3.05, 3.63) is 63.1 Å². The van der Waals surface area contributed by atoms with Crippen LogP contribution in [0, 0.1) is 20.8 Å². The molecule has 2 aromatic rings. The monoisotopic (exact) mass is 373 g/mol. The van der Waals surface area contributed by atoms with E-state index in [2.05, 4.69) is 21.2 Å². The second-order valence-corrected chi connectivity index (χ2v) is 6.34. The van der Waals surface area contributed by atoms with Crippen LogP contribution < -0.4 is 10.1 Å². The van der Waals surface area contributed by atoms with Gasteiger partial charge in [0.05, 0.1) is 12.8 Å². The molecule has 0 saturated heterocycles. The lowest BCUT2D eigenvalue weighted by Crippen LogP contribution is -2.08. The van der Waals surface area contributed by atoms with Crippen LogP contribution in [0.1, 0.15) is 22.3 Å². The molecule has 0 bridgehead atoms. The second kappa shape index (κ2) is 7.47. The number of carbonyl (C=O) groups excluding carboxylic acids is 1. The fraction of sp³-hybridized carbons (Fsp3) is 0.211. The zero-order valence-electron chi connectivity index (χ0n) is 13.7. The highest BCUT2D eigenvalue weighted by Gasteiger charge is 2.05. The fourth-order valence-electron chi connectivity index (χ4n) is 2.37. The Balaban J connectivity index is 2.15. The van der Waals surface area contributed by atoms with Gasteiger partial charge in [-0.15, -0.1) is 0 Å². The van der Waals surface area contributed by atoms with Crippen molar-refractivity contribution in [3.8, 4) is 5.75 Å². The van der Waals surface area contributed by atoms with Crippen molar-refractivity contribution in [2.24, 2.45) is 0 Å². The maximum absolute atomic E-state index is 12.1. The number of benzene rings is 2. The smallest absolute Gasteiger partial charge is 0.248 e. The van der Waals surface area contributed by atoms with Crippen LogP contribution >= 0.6 is 15.9 Å². The minimum atomic E-state index is -0.163. The molecule has 0 fully saturated rings. The van der Waals surface area contributed by atoms with Crippen LogP contribution in [0.15, 0.2) is 40.9 Å². The molecule has 23 heavy (non-hydrogen) atoms. The predicted molar refractivity (Wildman–Crippen MR) is 99.0 cm³/mol. The normalized spacial score (nSPS) is 10.8. The SMILES string of the molecule is COc1cc(C)c(/C=C/C(=O)Nc2ccc(C)cc2Br)c(C)c1. The zero-order valence-corrected chi connectivity index (χ0v) is 15.3. The molecule has 0 aliphatic carbocycles. The number of amides is 1. The number of aryl methyl sites for hydroxylation is 3. The summed E-state index contributed by atoms with van der Waals surface area (Å²) in [5, 5.41) is 2.87. The van der Waals surface area contributed by atoms with Gasteiger partial charge < -0.3 is 10.1 Å². The van der Waals surface area contributed by atoms with Gasteiger partial charge in [-0.2, -0.15) is 0 Å². The molecule has 0 radical (unpaired) electrons. The van der Waals surface area contributed by atoms with Gasteiger partial charge in [0.25, 0.3) is 0 Å². The Bertz CT molecular complexity index is 743. The Morgan fingerprint density at radius 1 is 1.13 bits per heavy atom. The van der Waals surface area contributed by atoms with Crippen molar-refractivity contribution in [2.75, 3.05) is 12.4 Å². The van der Waals surface area contributed by atoms with Crippen LogP contribution in [-0.4, -0.2) is 13.0 Å². The topological polar surface area (TPSA) is 38.3 Å². The van der Waals surface area contributed by atoms with E-state index in [0.717, 1.165) is 38.2 Å². The van der Waals surface area contributed by atoms with Gasteiger partial charge in [-0.05, 0) is 89.3 Å². The highest BCUT2D eigenvalue weighted by atomic mass is 79.9. The number of nitrogens with one attached hydrogen (secondary N) is 1. The Labute approximate surface area is 145 Å². The summed E-state index contributed by atoms with van der Waals surface area (Å²) in [6.45, 7) is 6.01. The molecule has 0 heterocycles. The van der Waals surface area contributed by atoms with Gasteiger partial charge in [-0.1, -0.05) is 6.07 Å². The number of halogens is 1. The molecule has 0 atom stereocenters. The van der Waals surface area contributed by atoms with Crippen molar-refractivity contribution in [3.63, 3.8) is 0 Å². The fourth-order valence-corrected chi connectivity index (χ4v) is 2.96. The molecule has 3 nitrogen and oxygen atoms in total. The average Bonchev–Trinajstić information content (AvgIpc) is 2.49. The first kappa shape index (κ1) is 17.3. The Hall–Kier alpha value is -2.07. The zero-order chi connectivity index (χ0) is 17.0. The first-order chi connectivity index (χ1) is 10.9. The molecule has 0 aliphatic heterocycles. The van der Waals surface area contributed by atoms with Gasteiger partial charge in [0.2, 0.25) is 5.91 Å². The van der Waals surface area contributed by atoms with E-state index in [1.165, 1.54) is 0 Å². The summed E-state index contributed by atoms with van der Waals surface area (Å²) < 4.78 is 6.12. The summed E-state index contributed by atoms with van der Waals surface area (Å²) in [4.78, 5) is 12.1. The predicted octanol–water partition coefficient (Wildman–Crippen LogP) is 5.03. The molecule has 0 spiro atoms. The summed E-state index contributed by atoms with van der Waals surface area (Å²) >= 11 is 3.46. The number of hydrogen-bond acceptors (Lipinski definition) is 2. The third-order valence-electron chi connectivity index (χ3n) is 3.59. The molecule has 1 amide bonds. The molecular formula is C19H20BrNO2. The molecule has 2 aromatic carbocycles. The largest absolute Gasteiger partial charge is 0.497 e. The first-order valence-corrected chi connectivity index (χ1v) is 8.10. The van der Waals surface area contributed by atoms with E-state index in [-0.39, 0.29) is 5.91 Å². The van der Waals surface area contributed by atoms with E-state index in [0.29, 0.717) is 0 Å². The van der Waals surface area contributed by atoms with Crippen LogP contribution in [0.5, 0.6) is 5.75 Å². The van der Waals surface area contributed by atoms with E-state index in [4.69, 9.17) is 4.74 Å². The van der Waals surface area contributed by atoms with Crippen molar-refractivity contribution in [2.45, 2.75) is 20.8 Å². The first-order valence-electron chi connectivity index (χ1n) is 7.31. The Morgan fingerprint density at radius 2 is 1.78 bits per heavy atom. The summed E-state index contributed by atoms with van der Waals surface area (Å²) in [7, 11) is 1.65. The highest BCUT2D eigenvalue weighted by Crippen LogP contribution is 2.24. The molecular weight excluding hydrogens is 354 g/mol. The van der Waals surface area contributed by atoms with Gasteiger partial charge in [-0.25, -0.2) is 0 Å². The van der Waals surface area contributed by atoms with Gasteiger partial charge >= 0.3 is 0 Å². The van der Waals surface area contributed by atoms with Crippen LogP contribution in [0.2, 0.25) is 0 Å². The maximum Gasteiger partial charge on any atom is 0.248 e. The summed E-state index contributed by atoms with van der Waals surface area (Å²) in [5.74, 6) is 0.661. The van der Waals surface area contributed by atoms with Gasteiger partial charge in [-0.3, -0.25) is 4.79 Å². The lowest BCUT2D eigenvalue weighted by Gasteiger charge is -2.09. The van der Waals surface area contributed by atoms with E-state index < -0.39 is 0 Å². The van der Waals surface area contributed by atoms with Crippen LogP contribution in [0.3, 0.4) is 0 Å². The van der Waals surface area contributed by atoms with Gasteiger partial charge in [0.1, 0.15) is 5.75 Å². The van der Waals surface area contributed by atoms with Crippen molar-refractivity contribution >= 4 is 33.6 Å². The van der Waals surface area contributed by atoms with Crippen LogP contribution in [0.25, 0.3) is 6.08 Å². The van der Waals surface area contributed by atoms with Crippen LogP contribution in [-0.2, 0) is 4.79 Å². The maximum atomic E-state index is 12.1.